The van der Waals surface area contributed by atoms with Gasteiger partial charge in [0.15, 0.2) is 0 Å². The SMILES string of the molecule is O=C(N[C@H]1CC[C@@H](C(=O)O)C1)c1ccncc1Cl. The Hall–Kier alpha value is -1.62. The molecule has 2 rings (SSSR count). The Morgan fingerprint density at radius 2 is 2.22 bits per heavy atom. The monoisotopic (exact) mass is 268 g/mol. The van der Waals surface area contributed by atoms with Crippen molar-refractivity contribution >= 4 is 23.5 Å². The van der Waals surface area contributed by atoms with E-state index in [9.17, 15) is 9.59 Å². The number of halogens is 1. The molecule has 0 aliphatic heterocycles. The van der Waals surface area contributed by atoms with Crippen LogP contribution >= 0.6 is 11.6 Å². The van der Waals surface area contributed by atoms with E-state index in [0.717, 1.165) is 0 Å². The van der Waals surface area contributed by atoms with Crippen molar-refractivity contribution in [1.29, 1.82) is 0 Å². The molecule has 2 N–H and O–H groups in total. The van der Waals surface area contributed by atoms with Crippen LogP contribution in [0, 0.1) is 5.92 Å². The summed E-state index contributed by atoms with van der Waals surface area (Å²) >= 11 is 5.87. The topological polar surface area (TPSA) is 79.3 Å². The smallest absolute Gasteiger partial charge is 0.306 e. The van der Waals surface area contributed by atoms with E-state index in [4.69, 9.17) is 16.7 Å². The van der Waals surface area contributed by atoms with Crippen LogP contribution in [0.4, 0.5) is 0 Å². The van der Waals surface area contributed by atoms with E-state index in [-0.39, 0.29) is 17.9 Å². The molecule has 96 valence electrons. The molecule has 2 atom stereocenters. The number of aromatic nitrogens is 1. The third kappa shape index (κ3) is 2.79. The van der Waals surface area contributed by atoms with E-state index in [2.05, 4.69) is 10.3 Å². The molecule has 1 heterocycles. The van der Waals surface area contributed by atoms with Gasteiger partial charge in [0.2, 0.25) is 0 Å². The second-order valence-electron chi connectivity index (χ2n) is 4.37. The number of carboxylic acid groups (broad SMARTS) is 1. The summed E-state index contributed by atoms with van der Waals surface area (Å²) in [6.07, 6.45) is 4.67. The van der Waals surface area contributed by atoms with Crippen LogP contribution in [0.15, 0.2) is 18.5 Å². The lowest BCUT2D eigenvalue weighted by Gasteiger charge is -2.12. The first kappa shape index (κ1) is 12.8. The zero-order valence-corrected chi connectivity index (χ0v) is 10.4. The van der Waals surface area contributed by atoms with Gasteiger partial charge in [0.25, 0.3) is 5.91 Å². The lowest BCUT2D eigenvalue weighted by molar-refractivity contribution is -0.141. The number of aliphatic carboxylic acids is 1. The van der Waals surface area contributed by atoms with Gasteiger partial charge >= 0.3 is 5.97 Å². The predicted octanol–water partition coefficient (Wildman–Crippen LogP) is 1.72. The third-order valence-corrected chi connectivity index (χ3v) is 3.44. The minimum Gasteiger partial charge on any atom is -0.481 e. The number of carbonyl (C=O) groups excluding carboxylic acids is 1. The van der Waals surface area contributed by atoms with E-state index < -0.39 is 5.97 Å². The van der Waals surface area contributed by atoms with Gasteiger partial charge < -0.3 is 10.4 Å². The zero-order valence-electron chi connectivity index (χ0n) is 9.60. The second kappa shape index (κ2) is 5.35. The highest BCUT2D eigenvalue weighted by molar-refractivity contribution is 6.33. The van der Waals surface area contributed by atoms with Gasteiger partial charge in [0, 0.05) is 18.4 Å². The summed E-state index contributed by atoms with van der Waals surface area (Å²) in [5, 5.41) is 12.0. The van der Waals surface area contributed by atoms with E-state index in [1.807, 2.05) is 0 Å². The van der Waals surface area contributed by atoms with Crippen molar-refractivity contribution in [1.82, 2.24) is 10.3 Å². The summed E-state index contributed by atoms with van der Waals surface area (Å²) < 4.78 is 0. The average molecular weight is 269 g/mol. The largest absolute Gasteiger partial charge is 0.481 e. The molecule has 1 aromatic heterocycles. The van der Waals surface area contributed by atoms with Crippen molar-refractivity contribution in [2.75, 3.05) is 0 Å². The molecular formula is C12H13ClN2O3. The Kier molecular flexibility index (Phi) is 3.81. The Morgan fingerprint density at radius 1 is 1.44 bits per heavy atom. The zero-order chi connectivity index (χ0) is 13.1. The highest BCUT2D eigenvalue weighted by Gasteiger charge is 2.30. The summed E-state index contributed by atoms with van der Waals surface area (Å²) in [4.78, 5) is 26.5. The van der Waals surface area contributed by atoms with E-state index in [1.165, 1.54) is 12.4 Å². The number of hydrogen-bond acceptors (Lipinski definition) is 3. The van der Waals surface area contributed by atoms with Gasteiger partial charge in [-0.25, -0.2) is 0 Å². The van der Waals surface area contributed by atoms with Crippen molar-refractivity contribution in [3.05, 3.63) is 29.0 Å². The van der Waals surface area contributed by atoms with Crippen LogP contribution in [0.25, 0.3) is 0 Å². The fourth-order valence-corrected chi connectivity index (χ4v) is 2.36. The normalized spacial score (nSPS) is 22.7. The first-order valence-corrected chi connectivity index (χ1v) is 6.09. The summed E-state index contributed by atoms with van der Waals surface area (Å²) in [5.41, 5.74) is 0.366. The minimum atomic E-state index is -0.798. The quantitative estimate of drug-likeness (QED) is 0.875. The first-order chi connectivity index (χ1) is 8.58. The van der Waals surface area contributed by atoms with Crippen LogP contribution in [0.3, 0.4) is 0 Å². The highest BCUT2D eigenvalue weighted by atomic mass is 35.5. The first-order valence-electron chi connectivity index (χ1n) is 5.71. The Morgan fingerprint density at radius 3 is 2.83 bits per heavy atom. The fourth-order valence-electron chi connectivity index (χ4n) is 2.16. The molecule has 1 saturated carbocycles. The van der Waals surface area contributed by atoms with Gasteiger partial charge in [-0.05, 0) is 25.3 Å². The Bertz CT molecular complexity index is 478. The number of carbonyl (C=O) groups is 2. The van der Waals surface area contributed by atoms with Crippen LogP contribution in [0.5, 0.6) is 0 Å². The van der Waals surface area contributed by atoms with E-state index in [0.29, 0.717) is 29.8 Å². The van der Waals surface area contributed by atoms with Crippen LogP contribution in [-0.2, 0) is 4.79 Å². The van der Waals surface area contributed by atoms with Gasteiger partial charge in [-0.1, -0.05) is 11.6 Å². The Labute approximate surface area is 109 Å². The molecule has 0 aromatic carbocycles. The molecular weight excluding hydrogens is 256 g/mol. The van der Waals surface area contributed by atoms with Gasteiger partial charge in [0.05, 0.1) is 16.5 Å². The lowest BCUT2D eigenvalue weighted by Crippen LogP contribution is -2.33. The highest BCUT2D eigenvalue weighted by Crippen LogP contribution is 2.26. The summed E-state index contributed by atoms with van der Waals surface area (Å²) in [5.74, 6) is -1.43. The molecule has 1 fully saturated rings. The number of pyridine rings is 1. The maximum Gasteiger partial charge on any atom is 0.306 e. The van der Waals surface area contributed by atoms with Gasteiger partial charge in [0.1, 0.15) is 0 Å². The van der Waals surface area contributed by atoms with Gasteiger partial charge in [-0.3, -0.25) is 14.6 Å². The number of carboxylic acids is 1. The van der Waals surface area contributed by atoms with Crippen LogP contribution in [0.1, 0.15) is 29.6 Å². The molecule has 1 aromatic rings. The fraction of sp³-hybridized carbons (Fsp3) is 0.417. The summed E-state index contributed by atoms with van der Waals surface area (Å²) in [7, 11) is 0. The van der Waals surface area contributed by atoms with E-state index >= 15 is 0 Å². The predicted molar refractivity (Wildman–Crippen MR) is 65.5 cm³/mol. The third-order valence-electron chi connectivity index (χ3n) is 3.13. The van der Waals surface area contributed by atoms with Crippen LogP contribution in [0.2, 0.25) is 5.02 Å². The maximum atomic E-state index is 11.9. The van der Waals surface area contributed by atoms with Crippen molar-refractivity contribution in [2.24, 2.45) is 5.92 Å². The van der Waals surface area contributed by atoms with E-state index in [1.54, 1.807) is 6.07 Å². The number of nitrogens with zero attached hydrogens (tertiary/aromatic N) is 1. The maximum absolute atomic E-state index is 11.9. The summed E-state index contributed by atoms with van der Waals surface area (Å²) in [6.45, 7) is 0. The number of hydrogen-bond donors (Lipinski definition) is 2. The van der Waals surface area contributed by atoms with Gasteiger partial charge in [-0.15, -0.1) is 0 Å². The minimum absolute atomic E-state index is 0.0946. The molecule has 1 aliphatic rings. The molecule has 0 spiro atoms. The van der Waals surface area contributed by atoms with Crippen molar-refractivity contribution in [3.63, 3.8) is 0 Å². The number of nitrogens with one attached hydrogen (secondary N) is 1. The average Bonchev–Trinajstić information content (AvgIpc) is 2.78. The molecule has 0 bridgehead atoms. The molecule has 0 unspecified atom stereocenters. The Balaban J connectivity index is 1.97. The van der Waals surface area contributed by atoms with Gasteiger partial charge in [-0.2, -0.15) is 0 Å². The van der Waals surface area contributed by atoms with Crippen LogP contribution in [-0.4, -0.2) is 28.0 Å². The lowest BCUT2D eigenvalue weighted by atomic mass is 10.1. The van der Waals surface area contributed by atoms with Crippen molar-refractivity contribution in [3.8, 4) is 0 Å². The number of amides is 1. The molecule has 1 aliphatic carbocycles. The molecule has 18 heavy (non-hydrogen) atoms. The molecule has 6 heteroatoms. The molecule has 0 radical (unpaired) electrons. The summed E-state index contributed by atoms with van der Waals surface area (Å²) in [6, 6.07) is 1.45. The van der Waals surface area contributed by atoms with Crippen molar-refractivity contribution in [2.45, 2.75) is 25.3 Å². The number of rotatable bonds is 3. The molecule has 5 nitrogen and oxygen atoms in total. The molecule has 1 amide bonds. The second-order valence-corrected chi connectivity index (χ2v) is 4.78. The van der Waals surface area contributed by atoms with Crippen molar-refractivity contribution < 1.29 is 14.7 Å². The van der Waals surface area contributed by atoms with Crippen LogP contribution < -0.4 is 5.32 Å². The molecule has 0 saturated heterocycles. The standard InChI is InChI=1S/C12H13ClN2O3/c13-10-6-14-4-3-9(10)11(16)15-8-2-1-7(5-8)12(17)18/h3-4,6-8H,1-2,5H2,(H,15,16)(H,17,18)/t7-,8+/m1/s1.